The van der Waals surface area contributed by atoms with Crippen molar-refractivity contribution in [2.45, 2.75) is 10.8 Å². The lowest BCUT2D eigenvalue weighted by Gasteiger charge is -2.29. The number of benzene rings is 2. The molecular formula is C19H11FN2O2S. The van der Waals surface area contributed by atoms with Gasteiger partial charge < -0.3 is 4.42 Å². The summed E-state index contributed by atoms with van der Waals surface area (Å²) in [6.45, 7) is 0. The molecule has 0 saturated carbocycles. The maximum Gasteiger partial charge on any atom is 0.341 e. The van der Waals surface area contributed by atoms with Gasteiger partial charge >= 0.3 is 5.63 Å². The van der Waals surface area contributed by atoms with Crippen molar-refractivity contribution in [3.05, 3.63) is 75.9 Å². The quantitative estimate of drug-likeness (QED) is 0.664. The number of thioether (sulfide) groups is 1. The third kappa shape index (κ3) is 2.36. The van der Waals surface area contributed by atoms with Crippen LogP contribution in [0, 0.1) is 28.5 Å². The molecule has 0 fully saturated rings. The van der Waals surface area contributed by atoms with Crippen LogP contribution in [0.15, 0.2) is 62.6 Å². The Balaban J connectivity index is 2.10. The molecule has 0 amide bonds. The zero-order chi connectivity index (χ0) is 17.6. The van der Waals surface area contributed by atoms with Crippen LogP contribution >= 0.6 is 11.8 Å². The summed E-state index contributed by atoms with van der Waals surface area (Å²) in [5.41, 5.74) is 0.288. The smallest absolute Gasteiger partial charge is 0.341 e. The van der Waals surface area contributed by atoms with Gasteiger partial charge in [0.15, 0.2) is 0 Å². The summed E-state index contributed by atoms with van der Waals surface area (Å²) in [7, 11) is 0. The Kier molecular flexibility index (Phi) is 3.66. The highest BCUT2D eigenvalue weighted by Gasteiger charge is 2.40. The van der Waals surface area contributed by atoms with Gasteiger partial charge in [-0.05, 0) is 17.7 Å². The predicted molar refractivity (Wildman–Crippen MR) is 93.4 cm³/mol. The molecule has 0 spiro atoms. The van der Waals surface area contributed by atoms with E-state index in [4.69, 9.17) is 9.83 Å². The first-order chi connectivity index (χ1) is 12.1. The number of nitrogens with zero attached hydrogens (tertiary/aromatic N) is 1. The van der Waals surface area contributed by atoms with Crippen LogP contribution in [-0.4, -0.2) is 5.04 Å². The summed E-state index contributed by atoms with van der Waals surface area (Å²) in [6.07, 6.45) is 0. The summed E-state index contributed by atoms with van der Waals surface area (Å²) in [5.74, 6) is -2.31. The van der Waals surface area contributed by atoms with Crippen molar-refractivity contribution < 1.29 is 8.81 Å². The summed E-state index contributed by atoms with van der Waals surface area (Å²) < 4.78 is 19.8. The van der Waals surface area contributed by atoms with Crippen molar-refractivity contribution in [2.75, 3.05) is 0 Å². The Morgan fingerprint density at radius 2 is 1.88 bits per heavy atom. The zero-order valence-electron chi connectivity index (χ0n) is 12.8. The van der Waals surface area contributed by atoms with Crippen LogP contribution < -0.4 is 5.63 Å². The SMILES string of the molecule is N#C[C@@H]1C(=N)Sc2c(c(=O)oc3ccccc23)[C@H]1c1ccccc1F. The van der Waals surface area contributed by atoms with Gasteiger partial charge in [0.05, 0.1) is 16.7 Å². The molecule has 0 aliphatic carbocycles. The van der Waals surface area contributed by atoms with Crippen LogP contribution in [0.5, 0.6) is 0 Å². The molecule has 0 bridgehead atoms. The summed E-state index contributed by atoms with van der Waals surface area (Å²) in [4.78, 5) is 13.2. The first-order valence-corrected chi connectivity index (χ1v) is 8.39. The number of nitrogens with one attached hydrogen (secondary N) is 1. The monoisotopic (exact) mass is 350 g/mol. The molecule has 4 rings (SSSR count). The molecule has 1 N–H and O–H groups in total. The van der Waals surface area contributed by atoms with Crippen molar-refractivity contribution in [2.24, 2.45) is 5.92 Å². The first kappa shape index (κ1) is 15.6. The molecule has 1 aliphatic heterocycles. The molecule has 0 saturated heterocycles. The molecule has 2 heterocycles. The second-order valence-electron chi connectivity index (χ2n) is 5.70. The number of hydrogen-bond donors (Lipinski definition) is 1. The normalized spacial score (nSPS) is 19.4. The van der Waals surface area contributed by atoms with E-state index < -0.39 is 23.3 Å². The molecule has 2 atom stereocenters. The van der Waals surface area contributed by atoms with Crippen molar-refractivity contribution in [3.8, 4) is 6.07 Å². The molecular weight excluding hydrogens is 339 g/mol. The number of rotatable bonds is 1. The first-order valence-electron chi connectivity index (χ1n) is 7.58. The van der Waals surface area contributed by atoms with Gasteiger partial charge in [0.2, 0.25) is 0 Å². The molecule has 25 heavy (non-hydrogen) atoms. The standard InChI is InChI=1S/C19H11FN2O2S/c20-13-7-3-1-5-10(13)15-12(9-21)18(22)25-17-11-6-2-4-8-14(11)24-19(23)16(15)17/h1-8,12,15,22H/t12-,15-/m0/s1. The van der Waals surface area contributed by atoms with Crippen molar-refractivity contribution in [3.63, 3.8) is 0 Å². The van der Waals surface area contributed by atoms with E-state index in [1.807, 2.05) is 0 Å². The van der Waals surface area contributed by atoms with Crippen LogP contribution in [0.4, 0.5) is 4.39 Å². The third-order valence-corrected chi connectivity index (χ3v) is 5.43. The molecule has 1 aromatic heterocycles. The average Bonchev–Trinajstić information content (AvgIpc) is 2.61. The topological polar surface area (TPSA) is 77.9 Å². The number of hydrogen-bond acceptors (Lipinski definition) is 5. The van der Waals surface area contributed by atoms with E-state index in [-0.39, 0.29) is 16.2 Å². The fraction of sp³-hybridized carbons (Fsp3) is 0.105. The second kappa shape index (κ2) is 5.87. The van der Waals surface area contributed by atoms with Gasteiger partial charge in [-0.15, -0.1) is 0 Å². The highest BCUT2D eigenvalue weighted by Crippen LogP contribution is 2.46. The zero-order valence-corrected chi connectivity index (χ0v) is 13.6. The van der Waals surface area contributed by atoms with Crippen LogP contribution in [0.3, 0.4) is 0 Å². The summed E-state index contributed by atoms with van der Waals surface area (Å²) >= 11 is 1.07. The van der Waals surface area contributed by atoms with E-state index in [9.17, 15) is 14.4 Å². The van der Waals surface area contributed by atoms with Crippen molar-refractivity contribution >= 4 is 27.8 Å². The predicted octanol–water partition coefficient (Wildman–Crippen LogP) is 4.29. The van der Waals surface area contributed by atoms with Crippen molar-refractivity contribution in [1.82, 2.24) is 0 Å². The molecule has 1 aliphatic rings. The summed E-state index contributed by atoms with van der Waals surface area (Å²) in [5, 5.41) is 18.6. The Morgan fingerprint density at radius 1 is 1.16 bits per heavy atom. The Morgan fingerprint density at radius 3 is 2.64 bits per heavy atom. The van der Waals surface area contributed by atoms with E-state index in [0.29, 0.717) is 15.9 Å². The van der Waals surface area contributed by atoms with Gasteiger partial charge in [-0.3, -0.25) is 5.41 Å². The van der Waals surface area contributed by atoms with Gasteiger partial charge in [0.25, 0.3) is 0 Å². The highest BCUT2D eigenvalue weighted by atomic mass is 32.2. The van der Waals surface area contributed by atoms with Gasteiger partial charge in [-0.1, -0.05) is 48.2 Å². The largest absolute Gasteiger partial charge is 0.422 e. The molecule has 122 valence electrons. The number of nitriles is 1. The van der Waals surface area contributed by atoms with Gasteiger partial charge in [0, 0.05) is 16.2 Å². The van der Waals surface area contributed by atoms with Crippen molar-refractivity contribution in [1.29, 1.82) is 10.7 Å². The molecule has 0 radical (unpaired) electrons. The van der Waals surface area contributed by atoms with Crippen LogP contribution in [0.25, 0.3) is 11.0 Å². The molecule has 6 heteroatoms. The Hall–Kier alpha value is -2.91. The highest BCUT2D eigenvalue weighted by molar-refractivity contribution is 8.14. The average molecular weight is 350 g/mol. The van der Waals surface area contributed by atoms with Gasteiger partial charge in [-0.2, -0.15) is 5.26 Å². The van der Waals surface area contributed by atoms with E-state index in [1.54, 1.807) is 42.5 Å². The van der Waals surface area contributed by atoms with Gasteiger partial charge in [-0.25, -0.2) is 9.18 Å². The van der Waals surface area contributed by atoms with E-state index >= 15 is 0 Å². The molecule has 4 nitrogen and oxygen atoms in total. The lowest BCUT2D eigenvalue weighted by Crippen LogP contribution is -2.30. The fourth-order valence-corrected chi connectivity index (χ4v) is 4.34. The van der Waals surface area contributed by atoms with Gasteiger partial charge in [0.1, 0.15) is 17.3 Å². The lowest BCUT2D eigenvalue weighted by atomic mass is 9.81. The minimum Gasteiger partial charge on any atom is -0.422 e. The van der Waals surface area contributed by atoms with E-state index in [2.05, 4.69) is 6.07 Å². The van der Waals surface area contributed by atoms with Crippen LogP contribution in [0.2, 0.25) is 0 Å². The number of fused-ring (bicyclic) bond motifs is 3. The minimum atomic E-state index is -0.932. The lowest BCUT2D eigenvalue weighted by molar-refractivity contribution is 0.521. The van der Waals surface area contributed by atoms with E-state index in [1.165, 1.54) is 6.07 Å². The summed E-state index contributed by atoms with van der Waals surface area (Å²) in [6, 6.07) is 15.1. The van der Waals surface area contributed by atoms with Crippen LogP contribution in [-0.2, 0) is 0 Å². The minimum absolute atomic E-state index is 0.0963. The Labute approximate surface area is 146 Å². The van der Waals surface area contributed by atoms with E-state index in [0.717, 1.165) is 11.8 Å². The number of para-hydroxylation sites is 1. The second-order valence-corrected chi connectivity index (χ2v) is 6.75. The maximum atomic E-state index is 14.4. The molecule has 3 aromatic rings. The fourth-order valence-electron chi connectivity index (χ4n) is 3.20. The van der Waals surface area contributed by atoms with Crippen LogP contribution in [0.1, 0.15) is 17.0 Å². The molecule has 2 aromatic carbocycles. The Bertz CT molecular complexity index is 1120. The third-order valence-electron chi connectivity index (χ3n) is 4.32. The molecule has 0 unspecified atom stereocenters. The number of halogens is 1. The maximum absolute atomic E-state index is 14.4.